The summed E-state index contributed by atoms with van der Waals surface area (Å²) < 4.78 is 0. The summed E-state index contributed by atoms with van der Waals surface area (Å²) in [5.74, 6) is 0.857. The SMILES string of the molecule is C=C1/C=C\C=C/C/C=N\N=C/1N1C(C)(C)CC(C)(C)C(C(C)(C)CCC)(C(C)(N)CC(C)NCC)C(C)(C)CC1(C)C. The van der Waals surface area contributed by atoms with Crippen LogP contribution in [0.15, 0.2) is 46.7 Å². The van der Waals surface area contributed by atoms with Gasteiger partial charge in [0.05, 0.1) is 0 Å². The molecule has 0 aromatic carbocycles. The number of hydrogen-bond donors (Lipinski definition) is 2. The molecule has 2 aliphatic heterocycles. The molecule has 2 rings (SSSR count). The van der Waals surface area contributed by atoms with E-state index < -0.39 is 5.54 Å². The summed E-state index contributed by atoms with van der Waals surface area (Å²) in [5.41, 5.74) is 7.30. The fourth-order valence-electron chi connectivity index (χ4n) is 11.9. The van der Waals surface area contributed by atoms with E-state index in [1.54, 1.807) is 0 Å². The van der Waals surface area contributed by atoms with Crippen LogP contribution in [0.25, 0.3) is 0 Å². The third-order valence-corrected chi connectivity index (χ3v) is 10.5. The predicted octanol–water partition coefficient (Wildman–Crippen LogP) is 9.07. The highest BCUT2D eigenvalue weighted by Crippen LogP contribution is 2.72. The van der Waals surface area contributed by atoms with E-state index in [1.165, 1.54) is 0 Å². The van der Waals surface area contributed by atoms with Gasteiger partial charge in [0.25, 0.3) is 0 Å². The molecule has 0 aromatic heterocycles. The van der Waals surface area contributed by atoms with E-state index in [-0.39, 0.29) is 32.7 Å². The molecule has 0 aromatic rings. The second-order valence-corrected chi connectivity index (χ2v) is 16.8. The Kier molecular flexibility index (Phi) is 11.0. The lowest BCUT2D eigenvalue weighted by molar-refractivity contribution is -0.230. The van der Waals surface area contributed by atoms with Gasteiger partial charge < -0.3 is 16.0 Å². The maximum Gasteiger partial charge on any atom is 0.158 e. The Bertz CT molecular complexity index is 1030. The van der Waals surface area contributed by atoms with Crippen LogP contribution in [0, 0.1) is 21.7 Å². The third kappa shape index (κ3) is 6.67. The lowest BCUT2D eigenvalue weighted by Crippen LogP contribution is -2.76. The summed E-state index contributed by atoms with van der Waals surface area (Å²) in [4.78, 5) is 2.55. The Morgan fingerprint density at radius 1 is 0.976 bits per heavy atom. The second kappa shape index (κ2) is 12.7. The number of nitrogens with two attached hydrogens (primary N) is 1. The summed E-state index contributed by atoms with van der Waals surface area (Å²) in [6.07, 6.45) is 16.0. The summed E-state index contributed by atoms with van der Waals surface area (Å²) in [6.45, 7) is 39.3. The van der Waals surface area contributed by atoms with Crippen molar-refractivity contribution in [2.45, 2.75) is 158 Å². The molecule has 5 nitrogen and oxygen atoms in total. The first-order chi connectivity index (χ1) is 19.1. The summed E-state index contributed by atoms with van der Waals surface area (Å²) in [6, 6.07) is 0.327. The molecule has 240 valence electrons. The van der Waals surface area contributed by atoms with Gasteiger partial charge in [-0.15, -0.1) is 5.10 Å². The molecule has 3 N–H and O–H groups in total. The number of nitrogens with one attached hydrogen (secondary N) is 1. The fourth-order valence-corrected chi connectivity index (χ4v) is 11.9. The van der Waals surface area contributed by atoms with Gasteiger partial charge in [0, 0.05) is 46.3 Å². The summed E-state index contributed by atoms with van der Waals surface area (Å²) in [5, 5.41) is 13.1. The predicted molar refractivity (Wildman–Crippen MR) is 186 cm³/mol. The molecule has 2 unspecified atom stereocenters. The van der Waals surface area contributed by atoms with Crippen LogP contribution in [0.3, 0.4) is 0 Å². The zero-order valence-electron chi connectivity index (χ0n) is 30.0. The Morgan fingerprint density at radius 3 is 2.02 bits per heavy atom. The average molecular weight is 582 g/mol. The van der Waals surface area contributed by atoms with Gasteiger partial charge >= 0.3 is 0 Å². The second-order valence-electron chi connectivity index (χ2n) is 16.8. The minimum absolute atomic E-state index is 0.0185. The summed E-state index contributed by atoms with van der Waals surface area (Å²) in [7, 11) is 0. The van der Waals surface area contributed by atoms with Gasteiger partial charge in [-0.05, 0) is 90.0 Å². The Balaban J connectivity index is 2.96. The first kappa shape index (κ1) is 36.5. The quantitative estimate of drug-likeness (QED) is 0.300. The van der Waals surface area contributed by atoms with Gasteiger partial charge in [-0.2, -0.15) is 5.10 Å². The number of allylic oxidation sites excluding steroid dienone is 3. The Morgan fingerprint density at radius 2 is 1.52 bits per heavy atom. The molecule has 0 bridgehead atoms. The molecule has 42 heavy (non-hydrogen) atoms. The van der Waals surface area contributed by atoms with E-state index in [4.69, 9.17) is 10.8 Å². The topological polar surface area (TPSA) is 66.0 Å². The van der Waals surface area contributed by atoms with E-state index in [0.717, 1.165) is 56.5 Å². The number of likely N-dealkylation sites (tertiary alicyclic amines) is 1. The highest BCUT2D eigenvalue weighted by atomic mass is 15.4. The highest BCUT2D eigenvalue weighted by molar-refractivity contribution is 6.01. The number of hydrogen-bond acceptors (Lipinski definition) is 5. The summed E-state index contributed by atoms with van der Waals surface area (Å²) >= 11 is 0. The monoisotopic (exact) mass is 582 g/mol. The molecular formula is C37H67N5. The molecule has 0 radical (unpaired) electrons. The van der Waals surface area contributed by atoms with Crippen LogP contribution in [0.5, 0.6) is 0 Å². The van der Waals surface area contributed by atoms with Crippen molar-refractivity contribution in [3.63, 3.8) is 0 Å². The van der Waals surface area contributed by atoms with Crippen LogP contribution >= 0.6 is 0 Å². The Hall–Kier alpha value is -1.72. The molecule has 0 spiro atoms. The molecule has 1 fully saturated rings. The average Bonchev–Trinajstić information content (AvgIpc) is 2.76. The normalized spacial score (nSPS) is 29.2. The smallest absolute Gasteiger partial charge is 0.158 e. The van der Waals surface area contributed by atoms with Gasteiger partial charge in [-0.3, -0.25) is 0 Å². The fraction of sp³-hybridized carbons (Fsp3) is 0.784. The third-order valence-electron chi connectivity index (χ3n) is 10.5. The minimum atomic E-state index is -0.439. The molecular weight excluding hydrogens is 514 g/mol. The first-order valence-corrected chi connectivity index (χ1v) is 16.5. The molecule has 1 saturated heterocycles. The molecule has 2 heterocycles. The van der Waals surface area contributed by atoms with Crippen LogP contribution in [0.2, 0.25) is 0 Å². The van der Waals surface area contributed by atoms with Crippen molar-refractivity contribution in [3.05, 3.63) is 36.5 Å². The molecule has 2 aliphatic rings. The van der Waals surface area contributed by atoms with Crippen LogP contribution in [0.4, 0.5) is 0 Å². The van der Waals surface area contributed by atoms with Crippen molar-refractivity contribution < 1.29 is 0 Å². The molecule has 2 atom stereocenters. The van der Waals surface area contributed by atoms with Gasteiger partial charge in [-0.25, -0.2) is 0 Å². The molecule has 0 amide bonds. The van der Waals surface area contributed by atoms with Crippen LogP contribution in [0.1, 0.15) is 135 Å². The lowest BCUT2D eigenvalue weighted by atomic mass is 9.33. The zero-order chi connectivity index (χ0) is 32.4. The van der Waals surface area contributed by atoms with Crippen molar-refractivity contribution in [1.29, 1.82) is 0 Å². The number of nitrogens with zero attached hydrogens (tertiary/aromatic N) is 3. The maximum atomic E-state index is 7.87. The molecule has 0 aliphatic carbocycles. The maximum absolute atomic E-state index is 7.87. The van der Waals surface area contributed by atoms with Crippen LogP contribution < -0.4 is 11.1 Å². The van der Waals surface area contributed by atoms with E-state index >= 15 is 0 Å². The van der Waals surface area contributed by atoms with Gasteiger partial charge in [0.2, 0.25) is 0 Å². The van der Waals surface area contributed by atoms with Crippen LogP contribution in [-0.2, 0) is 0 Å². The number of rotatable bonds is 8. The Labute approximate surface area is 260 Å². The van der Waals surface area contributed by atoms with E-state index in [9.17, 15) is 0 Å². The van der Waals surface area contributed by atoms with Crippen molar-refractivity contribution >= 4 is 12.1 Å². The van der Waals surface area contributed by atoms with Gasteiger partial charge in [0.1, 0.15) is 0 Å². The van der Waals surface area contributed by atoms with Gasteiger partial charge in [-0.1, -0.05) is 92.7 Å². The highest BCUT2D eigenvalue weighted by Gasteiger charge is 2.71. The lowest BCUT2D eigenvalue weighted by Gasteiger charge is -2.74. The van der Waals surface area contributed by atoms with Crippen molar-refractivity contribution in [2.75, 3.05) is 6.54 Å². The van der Waals surface area contributed by atoms with Gasteiger partial charge in [0.15, 0.2) is 5.84 Å². The largest absolute Gasteiger partial charge is 0.344 e. The number of amidine groups is 1. The standard InChI is InChI=1S/C37H67N5/c1-16-23-31(5,6)37(36(15,38)25-29(4)39-17-2)32(7,8)26-34(11,12)42(35(13,14)27-33(37,9)10)30-28(3)22-20-18-19-21-24-40-41-30/h18-20,22,24,29,39H,3,16-17,21,23,25-27,38H2,1-2,4-15H3/b19-18-,22-20-,40-24-,41-30+. The molecule has 0 saturated carbocycles. The molecule has 5 heteroatoms. The minimum Gasteiger partial charge on any atom is -0.344 e. The van der Waals surface area contributed by atoms with E-state index in [1.807, 2.05) is 6.21 Å². The van der Waals surface area contributed by atoms with E-state index in [0.29, 0.717) is 6.04 Å². The van der Waals surface area contributed by atoms with Crippen molar-refractivity contribution in [2.24, 2.45) is 37.6 Å². The van der Waals surface area contributed by atoms with Crippen LogP contribution in [-0.4, -0.2) is 46.2 Å². The van der Waals surface area contributed by atoms with E-state index in [2.05, 4.69) is 143 Å². The zero-order valence-corrected chi connectivity index (χ0v) is 30.0. The first-order valence-electron chi connectivity index (χ1n) is 16.5. The van der Waals surface area contributed by atoms with Crippen molar-refractivity contribution in [3.8, 4) is 0 Å². The van der Waals surface area contributed by atoms with Crippen molar-refractivity contribution in [1.82, 2.24) is 10.2 Å².